The molecule has 102 valence electrons. The van der Waals surface area contributed by atoms with Crippen LogP contribution in [0, 0.1) is 11.8 Å². The van der Waals surface area contributed by atoms with Gasteiger partial charge in [-0.05, 0) is 44.4 Å². The zero-order chi connectivity index (χ0) is 12.1. The third-order valence-electron chi connectivity index (χ3n) is 5.06. The first-order valence-electron chi connectivity index (χ1n) is 7.40. The molecule has 1 N–H and O–H groups in total. The van der Waals surface area contributed by atoms with Crippen molar-refractivity contribution < 1.29 is 19.3 Å². The smallest absolute Gasteiger partial charge is 0.157 e. The predicted molar refractivity (Wildman–Crippen MR) is 64.0 cm³/mol. The molecule has 0 aromatic carbocycles. The Morgan fingerprint density at radius 3 is 2.39 bits per heavy atom. The van der Waals surface area contributed by atoms with Crippen LogP contribution in [0.4, 0.5) is 0 Å². The normalized spacial score (nSPS) is 51.2. The number of aliphatic hydroxyl groups excluding tert-OH is 1. The van der Waals surface area contributed by atoms with Crippen LogP contribution in [0.2, 0.25) is 0 Å². The third-order valence-corrected chi connectivity index (χ3v) is 5.06. The minimum absolute atomic E-state index is 0.280. The zero-order valence-electron chi connectivity index (χ0n) is 10.7. The van der Waals surface area contributed by atoms with Gasteiger partial charge in [0.25, 0.3) is 0 Å². The van der Waals surface area contributed by atoms with E-state index < -0.39 is 6.29 Å². The summed E-state index contributed by atoms with van der Waals surface area (Å²) in [6.07, 6.45) is 7.97. The van der Waals surface area contributed by atoms with E-state index in [1.165, 1.54) is 12.8 Å². The fourth-order valence-corrected chi connectivity index (χ4v) is 3.70. The first-order chi connectivity index (χ1) is 8.79. The van der Waals surface area contributed by atoms with E-state index in [-0.39, 0.29) is 5.92 Å². The largest absolute Gasteiger partial charge is 0.370 e. The Labute approximate surface area is 108 Å². The number of hydrogen-bond donors (Lipinski definition) is 1. The van der Waals surface area contributed by atoms with E-state index in [1.807, 2.05) is 0 Å². The van der Waals surface area contributed by atoms with Crippen LogP contribution in [-0.4, -0.2) is 42.4 Å². The second-order valence-electron chi connectivity index (χ2n) is 6.40. The van der Waals surface area contributed by atoms with Crippen molar-refractivity contribution >= 4 is 0 Å². The molecule has 0 spiro atoms. The van der Waals surface area contributed by atoms with Gasteiger partial charge in [-0.2, -0.15) is 0 Å². The molecule has 2 heterocycles. The van der Waals surface area contributed by atoms with Crippen molar-refractivity contribution in [1.29, 1.82) is 0 Å². The molecule has 0 aromatic heterocycles. The highest BCUT2D eigenvalue weighted by Gasteiger charge is 2.46. The van der Waals surface area contributed by atoms with E-state index in [4.69, 9.17) is 14.2 Å². The molecule has 0 bridgehead atoms. The van der Waals surface area contributed by atoms with Crippen LogP contribution >= 0.6 is 0 Å². The van der Waals surface area contributed by atoms with Gasteiger partial charge in [0.05, 0.1) is 31.0 Å². The van der Waals surface area contributed by atoms with Gasteiger partial charge >= 0.3 is 0 Å². The van der Waals surface area contributed by atoms with Crippen molar-refractivity contribution in [3.63, 3.8) is 0 Å². The Kier molecular flexibility index (Phi) is 2.87. The van der Waals surface area contributed by atoms with E-state index in [2.05, 4.69) is 0 Å². The molecular weight excluding hydrogens is 232 g/mol. The molecule has 4 heteroatoms. The van der Waals surface area contributed by atoms with E-state index in [0.29, 0.717) is 36.9 Å². The standard InChI is InChI=1S/C14H22O4/c15-14(9-2-4-11-13(6-9)18-11)16-7-8-1-3-10-12(5-8)17-10/h8-15H,1-7H2. The maximum Gasteiger partial charge on any atom is 0.157 e. The fourth-order valence-electron chi connectivity index (χ4n) is 3.70. The van der Waals surface area contributed by atoms with Gasteiger partial charge in [0.15, 0.2) is 6.29 Å². The zero-order valence-corrected chi connectivity index (χ0v) is 10.7. The summed E-state index contributed by atoms with van der Waals surface area (Å²) in [7, 11) is 0. The van der Waals surface area contributed by atoms with Crippen molar-refractivity contribution in [2.24, 2.45) is 11.8 Å². The number of fused-ring (bicyclic) bond motifs is 2. The molecule has 0 amide bonds. The second kappa shape index (κ2) is 4.44. The van der Waals surface area contributed by atoms with Crippen LogP contribution in [0.5, 0.6) is 0 Å². The second-order valence-corrected chi connectivity index (χ2v) is 6.40. The summed E-state index contributed by atoms with van der Waals surface area (Å²) < 4.78 is 16.7. The molecule has 0 aromatic rings. The van der Waals surface area contributed by atoms with Crippen molar-refractivity contribution in [2.75, 3.05) is 6.61 Å². The molecule has 4 rings (SSSR count). The van der Waals surface area contributed by atoms with Crippen LogP contribution in [0.3, 0.4) is 0 Å². The molecule has 0 radical (unpaired) electrons. The van der Waals surface area contributed by atoms with E-state index >= 15 is 0 Å². The van der Waals surface area contributed by atoms with Crippen molar-refractivity contribution in [3.8, 4) is 0 Å². The van der Waals surface area contributed by atoms with Crippen LogP contribution in [0.15, 0.2) is 0 Å². The molecule has 4 nitrogen and oxygen atoms in total. The number of aliphatic hydroxyl groups is 1. The van der Waals surface area contributed by atoms with E-state index in [0.717, 1.165) is 25.7 Å². The summed E-state index contributed by atoms with van der Waals surface area (Å²) in [4.78, 5) is 0. The number of hydrogen-bond acceptors (Lipinski definition) is 4. The average Bonchev–Trinajstić information content (AvgIpc) is 3.26. The molecule has 4 fully saturated rings. The highest BCUT2D eigenvalue weighted by atomic mass is 16.6. The lowest BCUT2D eigenvalue weighted by Gasteiger charge is -2.27. The van der Waals surface area contributed by atoms with Crippen LogP contribution in [0.1, 0.15) is 38.5 Å². The average molecular weight is 254 g/mol. The van der Waals surface area contributed by atoms with Gasteiger partial charge in [0.2, 0.25) is 0 Å². The van der Waals surface area contributed by atoms with Crippen LogP contribution < -0.4 is 0 Å². The maximum atomic E-state index is 10.1. The number of epoxide rings is 2. The summed E-state index contributed by atoms with van der Waals surface area (Å²) in [6, 6.07) is 0. The molecular formula is C14H22O4. The van der Waals surface area contributed by atoms with Gasteiger partial charge in [-0.3, -0.25) is 0 Å². The Morgan fingerprint density at radius 1 is 0.944 bits per heavy atom. The van der Waals surface area contributed by atoms with E-state index in [1.54, 1.807) is 0 Å². The first-order valence-corrected chi connectivity index (χ1v) is 7.40. The molecule has 7 unspecified atom stereocenters. The summed E-state index contributed by atoms with van der Waals surface area (Å²) in [5.41, 5.74) is 0. The van der Waals surface area contributed by atoms with Crippen LogP contribution in [0.25, 0.3) is 0 Å². The SMILES string of the molecule is OC(OCC1CCC2OC2C1)C1CCC2OC2C1. The molecule has 2 aliphatic carbocycles. The highest BCUT2D eigenvalue weighted by Crippen LogP contribution is 2.42. The summed E-state index contributed by atoms with van der Waals surface area (Å²) in [5.74, 6) is 0.860. The summed E-state index contributed by atoms with van der Waals surface area (Å²) in [5, 5.41) is 10.1. The quantitative estimate of drug-likeness (QED) is 0.609. The predicted octanol–water partition coefficient (Wildman–Crippen LogP) is 1.46. The third kappa shape index (κ3) is 2.31. The van der Waals surface area contributed by atoms with Gasteiger partial charge in [0, 0.05) is 5.92 Å². The monoisotopic (exact) mass is 254 g/mol. The lowest BCUT2D eigenvalue weighted by molar-refractivity contribution is -0.149. The summed E-state index contributed by atoms with van der Waals surface area (Å²) >= 11 is 0. The lowest BCUT2D eigenvalue weighted by Crippen LogP contribution is -2.30. The molecule has 2 aliphatic heterocycles. The van der Waals surface area contributed by atoms with Gasteiger partial charge in [0.1, 0.15) is 0 Å². The minimum Gasteiger partial charge on any atom is -0.370 e. The Morgan fingerprint density at radius 2 is 1.67 bits per heavy atom. The van der Waals surface area contributed by atoms with Gasteiger partial charge in [-0.15, -0.1) is 0 Å². The molecule has 2 saturated carbocycles. The Bertz CT molecular complexity index is 321. The van der Waals surface area contributed by atoms with Crippen molar-refractivity contribution in [1.82, 2.24) is 0 Å². The highest BCUT2D eigenvalue weighted by molar-refractivity contribution is 4.93. The Balaban J connectivity index is 1.21. The summed E-state index contributed by atoms with van der Waals surface area (Å²) in [6.45, 7) is 0.694. The number of rotatable bonds is 4. The number of ether oxygens (including phenoxy) is 3. The fraction of sp³-hybridized carbons (Fsp3) is 1.00. The van der Waals surface area contributed by atoms with Gasteiger partial charge in [-0.25, -0.2) is 0 Å². The van der Waals surface area contributed by atoms with Gasteiger partial charge < -0.3 is 19.3 Å². The topological polar surface area (TPSA) is 54.5 Å². The van der Waals surface area contributed by atoms with Crippen molar-refractivity contribution in [2.45, 2.75) is 69.2 Å². The van der Waals surface area contributed by atoms with Crippen molar-refractivity contribution in [3.05, 3.63) is 0 Å². The molecule has 18 heavy (non-hydrogen) atoms. The molecule has 7 atom stereocenters. The maximum absolute atomic E-state index is 10.1. The Hall–Kier alpha value is -0.160. The lowest BCUT2D eigenvalue weighted by atomic mass is 9.88. The van der Waals surface area contributed by atoms with Crippen LogP contribution in [-0.2, 0) is 14.2 Å². The first kappa shape index (κ1) is 11.6. The van der Waals surface area contributed by atoms with Gasteiger partial charge in [-0.1, -0.05) is 0 Å². The molecule has 4 aliphatic rings. The van der Waals surface area contributed by atoms with E-state index in [9.17, 15) is 5.11 Å². The minimum atomic E-state index is -0.590. The molecule has 2 saturated heterocycles.